The molecule has 2 fully saturated rings. The highest BCUT2D eigenvalue weighted by Gasteiger charge is 2.27. The number of hydrogen-bond acceptors (Lipinski definition) is 3. The van der Waals surface area contributed by atoms with Crippen molar-refractivity contribution in [1.82, 2.24) is 20.1 Å². The van der Waals surface area contributed by atoms with Gasteiger partial charge in [-0.3, -0.25) is 4.68 Å². The van der Waals surface area contributed by atoms with E-state index in [-0.39, 0.29) is 0 Å². The van der Waals surface area contributed by atoms with Crippen LogP contribution in [0.3, 0.4) is 0 Å². The van der Waals surface area contributed by atoms with Gasteiger partial charge in [0.2, 0.25) is 0 Å². The largest absolute Gasteiger partial charge is 0.317 e. The summed E-state index contributed by atoms with van der Waals surface area (Å²) in [6, 6.07) is 0. The van der Waals surface area contributed by atoms with Gasteiger partial charge in [0.1, 0.15) is 5.82 Å². The summed E-state index contributed by atoms with van der Waals surface area (Å²) >= 11 is 0. The number of nitrogens with one attached hydrogen (secondary N) is 1. The summed E-state index contributed by atoms with van der Waals surface area (Å²) in [7, 11) is 2.05. The molecule has 0 amide bonds. The fraction of sp³-hybridized carbons (Fsp3) is 0.833. The summed E-state index contributed by atoms with van der Waals surface area (Å²) in [5.41, 5.74) is 0. The lowest BCUT2D eigenvalue weighted by atomic mass is 9.85. The first-order valence-corrected chi connectivity index (χ1v) is 6.46. The van der Waals surface area contributed by atoms with Gasteiger partial charge >= 0.3 is 0 Å². The molecule has 0 atom stereocenters. The Morgan fingerprint density at radius 3 is 2.50 bits per heavy atom. The average molecular weight is 220 g/mol. The van der Waals surface area contributed by atoms with E-state index in [1.54, 1.807) is 0 Å². The van der Waals surface area contributed by atoms with Gasteiger partial charge in [-0.25, -0.2) is 4.98 Å². The molecule has 16 heavy (non-hydrogen) atoms. The molecule has 1 aliphatic carbocycles. The lowest BCUT2D eigenvalue weighted by Crippen LogP contribution is -2.28. The van der Waals surface area contributed by atoms with Crippen LogP contribution in [0, 0.1) is 0 Å². The molecule has 2 aliphatic rings. The summed E-state index contributed by atoms with van der Waals surface area (Å²) < 4.78 is 2.02. The molecule has 2 heterocycles. The first kappa shape index (κ1) is 10.3. The van der Waals surface area contributed by atoms with Crippen molar-refractivity contribution in [2.24, 2.45) is 7.05 Å². The smallest absolute Gasteiger partial charge is 0.154 e. The Morgan fingerprint density at radius 2 is 1.88 bits per heavy atom. The van der Waals surface area contributed by atoms with Crippen LogP contribution >= 0.6 is 0 Å². The molecule has 0 aromatic carbocycles. The molecule has 4 nitrogen and oxygen atoms in total. The van der Waals surface area contributed by atoms with Crippen LogP contribution in [0.25, 0.3) is 0 Å². The summed E-state index contributed by atoms with van der Waals surface area (Å²) in [5, 5.41) is 7.99. The minimum Gasteiger partial charge on any atom is -0.317 e. The number of nitrogens with zero attached hydrogens (tertiary/aromatic N) is 3. The van der Waals surface area contributed by atoms with Crippen LogP contribution in [0.2, 0.25) is 0 Å². The zero-order valence-corrected chi connectivity index (χ0v) is 9.95. The Bertz CT molecular complexity index is 361. The van der Waals surface area contributed by atoms with E-state index in [1.165, 1.54) is 37.9 Å². The van der Waals surface area contributed by atoms with Crippen LogP contribution in [-0.4, -0.2) is 27.9 Å². The third-order valence-corrected chi connectivity index (χ3v) is 3.99. The lowest BCUT2D eigenvalue weighted by Gasteiger charge is -2.22. The van der Waals surface area contributed by atoms with Gasteiger partial charge in [-0.15, -0.1) is 0 Å². The second-order valence-electron chi connectivity index (χ2n) is 5.10. The standard InChI is InChI=1S/C12H20N4/c1-16-12(10-5-7-13-8-6-10)14-11(15-16)9-3-2-4-9/h9-10,13H,2-8H2,1H3. The quantitative estimate of drug-likeness (QED) is 0.822. The predicted octanol–water partition coefficient (Wildman–Crippen LogP) is 1.55. The molecule has 0 radical (unpaired) electrons. The van der Waals surface area contributed by atoms with Crippen LogP contribution in [0.15, 0.2) is 0 Å². The van der Waals surface area contributed by atoms with Gasteiger partial charge in [0.15, 0.2) is 5.82 Å². The summed E-state index contributed by atoms with van der Waals surface area (Å²) in [5.74, 6) is 3.58. The monoisotopic (exact) mass is 220 g/mol. The van der Waals surface area contributed by atoms with Crippen molar-refractivity contribution in [3.8, 4) is 0 Å². The Morgan fingerprint density at radius 1 is 1.12 bits per heavy atom. The van der Waals surface area contributed by atoms with Crippen molar-refractivity contribution in [3.63, 3.8) is 0 Å². The van der Waals surface area contributed by atoms with Crippen LogP contribution in [0.4, 0.5) is 0 Å². The van der Waals surface area contributed by atoms with Crippen molar-refractivity contribution >= 4 is 0 Å². The molecule has 1 aromatic heterocycles. The van der Waals surface area contributed by atoms with Gasteiger partial charge in [-0.05, 0) is 38.8 Å². The maximum Gasteiger partial charge on any atom is 0.154 e. The number of rotatable bonds is 2. The molecule has 1 N–H and O–H groups in total. The number of aromatic nitrogens is 3. The topological polar surface area (TPSA) is 42.7 Å². The van der Waals surface area contributed by atoms with Gasteiger partial charge in [0.05, 0.1) is 0 Å². The van der Waals surface area contributed by atoms with Gasteiger partial charge in [-0.1, -0.05) is 6.42 Å². The SMILES string of the molecule is Cn1nc(C2CCC2)nc1C1CCNCC1. The number of piperidine rings is 1. The molecule has 88 valence electrons. The van der Waals surface area contributed by atoms with Crippen LogP contribution < -0.4 is 5.32 Å². The Kier molecular flexibility index (Phi) is 2.67. The molecule has 1 aromatic rings. The van der Waals surface area contributed by atoms with Gasteiger partial charge in [0.25, 0.3) is 0 Å². The Labute approximate surface area is 96.4 Å². The molecule has 1 saturated carbocycles. The maximum absolute atomic E-state index is 4.78. The normalized spacial score (nSPS) is 23.3. The highest BCUT2D eigenvalue weighted by atomic mass is 15.3. The molecule has 4 heteroatoms. The van der Waals surface area contributed by atoms with Crippen LogP contribution in [0.1, 0.15) is 55.6 Å². The first-order valence-electron chi connectivity index (χ1n) is 6.46. The van der Waals surface area contributed by atoms with Crippen molar-refractivity contribution in [2.45, 2.75) is 43.9 Å². The highest BCUT2D eigenvalue weighted by molar-refractivity contribution is 5.07. The molecular weight excluding hydrogens is 200 g/mol. The number of hydrogen-bond donors (Lipinski definition) is 1. The first-order chi connectivity index (χ1) is 7.84. The van der Waals surface area contributed by atoms with E-state index >= 15 is 0 Å². The minimum absolute atomic E-state index is 0.618. The molecular formula is C12H20N4. The number of aryl methyl sites for hydroxylation is 1. The molecule has 0 bridgehead atoms. The third-order valence-electron chi connectivity index (χ3n) is 3.99. The predicted molar refractivity (Wildman–Crippen MR) is 62.4 cm³/mol. The fourth-order valence-electron chi connectivity index (χ4n) is 2.69. The average Bonchev–Trinajstić information content (AvgIpc) is 2.59. The zero-order chi connectivity index (χ0) is 11.0. The summed E-state index contributed by atoms with van der Waals surface area (Å²) in [6.45, 7) is 2.24. The second-order valence-corrected chi connectivity index (χ2v) is 5.10. The third kappa shape index (κ3) is 1.75. The highest BCUT2D eigenvalue weighted by Crippen LogP contribution is 2.35. The van der Waals surface area contributed by atoms with Crippen molar-refractivity contribution in [2.75, 3.05) is 13.1 Å². The van der Waals surface area contributed by atoms with E-state index < -0.39 is 0 Å². The molecule has 1 aliphatic heterocycles. The second kappa shape index (κ2) is 4.17. The minimum atomic E-state index is 0.618. The van der Waals surface area contributed by atoms with Crippen molar-refractivity contribution < 1.29 is 0 Å². The van der Waals surface area contributed by atoms with Crippen LogP contribution in [-0.2, 0) is 7.05 Å². The van der Waals surface area contributed by atoms with E-state index in [0.717, 1.165) is 18.9 Å². The zero-order valence-electron chi connectivity index (χ0n) is 9.95. The van der Waals surface area contributed by atoms with E-state index in [1.807, 2.05) is 11.7 Å². The van der Waals surface area contributed by atoms with E-state index in [0.29, 0.717) is 11.8 Å². The Hall–Kier alpha value is -0.900. The molecule has 0 unspecified atom stereocenters. The summed E-state index contributed by atoms with van der Waals surface area (Å²) in [4.78, 5) is 4.78. The van der Waals surface area contributed by atoms with Gasteiger partial charge < -0.3 is 5.32 Å². The fourth-order valence-corrected chi connectivity index (χ4v) is 2.69. The van der Waals surface area contributed by atoms with E-state index in [2.05, 4.69) is 10.4 Å². The van der Waals surface area contributed by atoms with Crippen molar-refractivity contribution in [1.29, 1.82) is 0 Å². The Balaban J connectivity index is 1.79. The molecule has 3 rings (SSSR count). The molecule has 1 saturated heterocycles. The van der Waals surface area contributed by atoms with Crippen LogP contribution in [0.5, 0.6) is 0 Å². The summed E-state index contributed by atoms with van der Waals surface area (Å²) in [6.07, 6.45) is 6.34. The van der Waals surface area contributed by atoms with Gasteiger partial charge in [-0.2, -0.15) is 5.10 Å². The molecule has 0 spiro atoms. The lowest BCUT2D eigenvalue weighted by molar-refractivity contribution is 0.400. The van der Waals surface area contributed by atoms with E-state index in [9.17, 15) is 0 Å². The van der Waals surface area contributed by atoms with Gasteiger partial charge in [0, 0.05) is 18.9 Å². The van der Waals surface area contributed by atoms with E-state index in [4.69, 9.17) is 4.98 Å². The maximum atomic E-state index is 4.78. The van der Waals surface area contributed by atoms with Crippen molar-refractivity contribution in [3.05, 3.63) is 11.6 Å².